The average molecular weight is 365 g/mol. The number of alkyl halides is 3. The number of aromatic nitrogens is 2. The summed E-state index contributed by atoms with van der Waals surface area (Å²) in [6.07, 6.45) is -4.68. The highest BCUT2D eigenvalue weighted by Gasteiger charge is 2.38. The minimum atomic E-state index is -4.68. The Balaban J connectivity index is 0.00000288. The largest absolute Gasteiger partial charge is 0.471 e. The van der Waals surface area contributed by atoms with Crippen molar-refractivity contribution in [2.24, 2.45) is 0 Å². The molecule has 6 nitrogen and oxygen atoms in total. The molecule has 24 heavy (non-hydrogen) atoms. The first kappa shape index (κ1) is 19.9. The van der Waals surface area contributed by atoms with Crippen molar-refractivity contribution in [3.63, 3.8) is 0 Å². The summed E-state index contributed by atoms with van der Waals surface area (Å²) in [5, 5.41) is 6.23. The number of hydrogen-bond donors (Lipinski definition) is 1. The highest BCUT2D eigenvalue weighted by Crippen LogP contribution is 2.29. The maximum Gasteiger partial charge on any atom is 0.471 e. The SMILES string of the molecule is CNCCN(C)C(=O)c1ccc(-c2noc(C(F)(F)F)n2)cc1.Cl. The second kappa shape index (κ2) is 8.11. The topological polar surface area (TPSA) is 71.3 Å². The molecule has 0 bridgehead atoms. The van der Waals surface area contributed by atoms with Gasteiger partial charge in [-0.1, -0.05) is 17.3 Å². The number of benzene rings is 1. The molecule has 132 valence electrons. The van der Waals surface area contributed by atoms with E-state index in [0.717, 1.165) is 0 Å². The van der Waals surface area contributed by atoms with E-state index in [4.69, 9.17) is 0 Å². The molecule has 1 amide bonds. The van der Waals surface area contributed by atoms with E-state index >= 15 is 0 Å². The number of hydrogen-bond acceptors (Lipinski definition) is 5. The van der Waals surface area contributed by atoms with Crippen LogP contribution in [0, 0.1) is 0 Å². The van der Waals surface area contributed by atoms with Crippen LogP contribution in [0.1, 0.15) is 16.2 Å². The lowest BCUT2D eigenvalue weighted by atomic mass is 10.1. The van der Waals surface area contributed by atoms with E-state index < -0.39 is 12.1 Å². The molecule has 0 aliphatic carbocycles. The molecule has 0 atom stereocenters. The number of carbonyl (C=O) groups is 1. The van der Waals surface area contributed by atoms with Crippen LogP contribution in [-0.2, 0) is 6.18 Å². The van der Waals surface area contributed by atoms with Gasteiger partial charge in [-0.15, -0.1) is 12.4 Å². The Hall–Kier alpha value is -2.13. The summed E-state index contributed by atoms with van der Waals surface area (Å²) in [6.45, 7) is 1.19. The van der Waals surface area contributed by atoms with Gasteiger partial charge in [-0.2, -0.15) is 18.2 Å². The Labute approximate surface area is 142 Å². The van der Waals surface area contributed by atoms with Crippen LogP contribution < -0.4 is 5.32 Å². The molecule has 0 fully saturated rings. The van der Waals surface area contributed by atoms with E-state index in [1.54, 1.807) is 19.0 Å². The average Bonchev–Trinajstić information content (AvgIpc) is 3.02. The van der Waals surface area contributed by atoms with Crippen molar-refractivity contribution in [1.29, 1.82) is 0 Å². The van der Waals surface area contributed by atoms with E-state index in [1.165, 1.54) is 24.3 Å². The Bertz CT molecular complexity index is 673. The molecule has 10 heteroatoms. The van der Waals surface area contributed by atoms with Crippen LogP contribution in [0.15, 0.2) is 28.8 Å². The number of amides is 1. The van der Waals surface area contributed by atoms with Gasteiger partial charge in [0.05, 0.1) is 0 Å². The number of carbonyl (C=O) groups excluding carboxylic acids is 1. The summed E-state index contributed by atoms with van der Waals surface area (Å²) in [5.74, 6) is -1.77. The number of nitrogens with one attached hydrogen (secondary N) is 1. The molecule has 0 radical (unpaired) electrons. The van der Waals surface area contributed by atoms with Crippen molar-refractivity contribution in [3.05, 3.63) is 35.7 Å². The van der Waals surface area contributed by atoms with Crippen LogP contribution in [0.4, 0.5) is 13.2 Å². The van der Waals surface area contributed by atoms with E-state index in [-0.39, 0.29) is 24.1 Å². The van der Waals surface area contributed by atoms with Crippen LogP contribution in [-0.4, -0.2) is 48.1 Å². The summed E-state index contributed by atoms with van der Waals surface area (Å²) >= 11 is 0. The van der Waals surface area contributed by atoms with Gasteiger partial charge >= 0.3 is 12.1 Å². The molecule has 2 aromatic rings. The third kappa shape index (κ3) is 4.68. The molecular weight excluding hydrogens is 349 g/mol. The summed E-state index contributed by atoms with van der Waals surface area (Å²) < 4.78 is 41.5. The van der Waals surface area contributed by atoms with E-state index in [1.807, 2.05) is 0 Å². The van der Waals surface area contributed by atoms with Gasteiger partial charge < -0.3 is 14.7 Å². The summed E-state index contributed by atoms with van der Waals surface area (Å²) in [4.78, 5) is 17.0. The second-order valence-electron chi connectivity index (χ2n) is 4.83. The maximum absolute atomic E-state index is 12.4. The summed E-state index contributed by atoms with van der Waals surface area (Å²) in [6, 6.07) is 5.97. The van der Waals surface area contributed by atoms with Crippen molar-refractivity contribution in [2.75, 3.05) is 27.2 Å². The van der Waals surface area contributed by atoms with Crippen molar-refractivity contribution in [1.82, 2.24) is 20.4 Å². The quantitative estimate of drug-likeness (QED) is 0.882. The van der Waals surface area contributed by atoms with Crippen LogP contribution >= 0.6 is 12.4 Å². The summed E-state index contributed by atoms with van der Waals surface area (Å²) in [5.41, 5.74) is 0.755. The molecule has 1 aromatic heterocycles. The first-order chi connectivity index (χ1) is 10.8. The van der Waals surface area contributed by atoms with Gasteiger partial charge in [0.2, 0.25) is 5.82 Å². The maximum atomic E-state index is 12.4. The van der Waals surface area contributed by atoms with Gasteiger partial charge in [0.25, 0.3) is 5.91 Å². The molecule has 0 unspecified atom stereocenters. The zero-order valence-electron chi connectivity index (χ0n) is 12.9. The second-order valence-corrected chi connectivity index (χ2v) is 4.83. The molecule has 2 rings (SSSR count). The molecule has 1 aromatic carbocycles. The first-order valence-corrected chi connectivity index (χ1v) is 6.74. The Morgan fingerprint density at radius 3 is 2.42 bits per heavy atom. The normalized spacial score (nSPS) is 11.0. The zero-order chi connectivity index (χ0) is 17.0. The van der Waals surface area contributed by atoms with Crippen LogP contribution in [0.3, 0.4) is 0 Å². The Morgan fingerprint density at radius 1 is 1.29 bits per heavy atom. The lowest BCUT2D eigenvalue weighted by Gasteiger charge is -2.16. The molecule has 0 spiro atoms. The van der Waals surface area contributed by atoms with Gasteiger partial charge in [-0.05, 0) is 19.2 Å². The number of halogens is 4. The summed E-state index contributed by atoms with van der Waals surface area (Å²) in [7, 11) is 3.45. The lowest BCUT2D eigenvalue weighted by molar-refractivity contribution is -0.159. The Morgan fingerprint density at radius 2 is 1.92 bits per heavy atom. The molecule has 1 heterocycles. The van der Waals surface area contributed by atoms with Crippen molar-refractivity contribution >= 4 is 18.3 Å². The van der Waals surface area contributed by atoms with Gasteiger partial charge in [0.15, 0.2) is 0 Å². The van der Waals surface area contributed by atoms with Gasteiger partial charge in [-0.25, -0.2) is 0 Å². The van der Waals surface area contributed by atoms with Gasteiger partial charge in [-0.3, -0.25) is 4.79 Å². The fourth-order valence-electron chi connectivity index (χ4n) is 1.82. The zero-order valence-corrected chi connectivity index (χ0v) is 13.7. The van der Waals surface area contributed by atoms with Crippen LogP contribution in [0.2, 0.25) is 0 Å². The fraction of sp³-hybridized carbons (Fsp3) is 0.357. The van der Waals surface area contributed by atoms with Crippen molar-refractivity contribution in [3.8, 4) is 11.4 Å². The number of likely N-dealkylation sites (N-methyl/N-ethyl adjacent to an activating group) is 2. The van der Waals surface area contributed by atoms with E-state index in [9.17, 15) is 18.0 Å². The molecule has 0 saturated carbocycles. The molecule has 1 N–H and O–H groups in total. The lowest BCUT2D eigenvalue weighted by Crippen LogP contribution is -2.32. The van der Waals surface area contributed by atoms with Crippen molar-refractivity contribution < 1.29 is 22.5 Å². The molecule has 0 saturated heterocycles. The van der Waals surface area contributed by atoms with Crippen LogP contribution in [0.5, 0.6) is 0 Å². The first-order valence-electron chi connectivity index (χ1n) is 6.74. The predicted octanol–water partition coefficient (Wildman–Crippen LogP) is 2.47. The van der Waals surface area contributed by atoms with Crippen LogP contribution in [0.25, 0.3) is 11.4 Å². The Kier molecular flexibility index (Phi) is 6.73. The van der Waals surface area contributed by atoms with E-state index in [0.29, 0.717) is 24.2 Å². The number of nitrogens with zero attached hydrogens (tertiary/aromatic N) is 3. The smallest absolute Gasteiger partial charge is 0.340 e. The monoisotopic (exact) mass is 364 g/mol. The highest BCUT2D eigenvalue weighted by molar-refractivity contribution is 5.94. The minimum absolute atomic E-state index is 0. The van der Waals surface area contributed by atoms with Gasteiger partial charge in [0.1, 0.15) is 0 Å². The minimum Gasteiger partial charge on any atom is -0.340 e. The standard InChI is InChI=1S/C14H15F3N4O2.ClH/c1-18-7-8-21(2)12(22)10-5-3-9(4-6-10)11-19-13(23-20-11)14(15,16)17;/h3-6,18H,7-8H2,1-2H3;1H. The predicted molar refractivity (Wildman–Crippen MR) is 82.9 cm³/mol. The number of rotatable bonds is 5. The van der Waals surface area contributed by atoms with Crippen molar-refractivity contribution in [2.45, 2.75) is 6.18 Å². The van der Waals surface area contributed by atoms with E-state index in [2.05, 4.69) is 20.0 Å². The molecule has 0 aliphatic rings. The third-order valence-corrected chi connectivity index (χ3v) is 3.10. The van der Waals surface area contributed by atoms with Gasteiger partial charge in [0, 0.05) is 31.3 Å². The third-order valence-electron chi connectivity index (χ3n) is 3.10. The molecule has 0 aliphatic heterocycles. The highest BCUT2D eigenvalue weighted by atomic mass is 35.5. The fourth-order valence-corrected chi connectivity index (χ4v) is 1.82. The molecular formula is C14H16ClF3N4O2.